The van der Waals surface area contributed by atoms with Gasteiger partial charge in [-0.25, -0.2) is 0 Å². The minimum Gasteiger partial charge on any atom is -0.388 e. The topological polar surface area (TPSA) is 48.8 Å². The van der Waals surface area contributed by atoms with Gasteiger partial charge in [-0.1, -0.05) is 45.0 Å². The van der Waals surface area contributed by atoms with Crippen LogP contribution >= 0.6 is 8.58 Å². The van der Waals surface area contributed by atoms with Crippen LogP contribution in [0.5, 0.6) is 0 Å². The van der Waals surface area contributed by atoms with E-state index < -0.39 is 0 Å². The van der Waals surface area contributed by atoms with Gasteiger partial charge in [0.15, 0.2) is 0 Å². The molecular weight excluding hydrogens is 399 g/mol. The third-order valence-electron chi connectivity index (χ3n) is 4.94. The maximum atomic E-state index is 5.04. The molecule has 164 valence electrons. The normalized spacial score (nSPS) is 13.7. The van der Waals surface area contributed by atoms with E-state index in [1.807, 2.05) is 20.2 Å². The zero-order chi connectivity index (χ0) is 22.6. The minimum absolute atomic E-state index is 0.651. The monoisotopic (exact) mass is 434 g/mol. The molecule has 0 bridgehead atoms. The molecule has 31 heavy (non-hydrogen) atoms. The molecule has 5 heteroatoms. The van der Waals surface area contributed by atoms with Crippen LogP contribution in [-0.4, -0.2) is 32.2 Å². The second-order valence-corrected chi connectivity index (χ2v) is 8.36. The second kappa shape index (κ2) is 12.9. The molecule has 0 aromatic heterocycles. The summed E-state index contributed by atoms with van der Waals surface area (Å²) >= 11 is 0. The van der Waals surface area contributed by atoms with Crippen molar-refractivity contribution in [3.63, 3.8) is 0 Å². The highest BCUT2D eigenvalue weighted by Crippen LogP contribution is 2.23. The van der Waals surface area contributed by atoms with Crippen molar-refractivity contribution in [2.75, 3.05) is 25.6 Å². The number of hydrogen-bond donors (Lipinski definition) is 2. The van der Waals surface area contributed by atoms with Crippen LogP contribution in [0.1, 0.15) is 37.5 Å². The van der Waals surface area contributed by atoms with Crippen molar-refractivity contribution in [1.29, 1.82) is 0 Å². The summed E-state index contributed by atoms with van der Waals surface area (Å²) in [5.74, 6) is 0. The lowest BCUT2D eigenvalue weighted by atomic mass is 10.0. The van der Waals surface area contributed by atoms with Crippen LogP contribution < -0.4 is 10.6 Å². The zero-order valence-electron chi connectivity index (χ0n) is 19.6. The first-order valence-corrected chi connectivity index (χ1v) is 12.2. The molecule has 0 saturated heterocycles. The van der Waals surface area contributed by atoms with Crippen LogP contribution in [0.15, 0.2) is 81.3 Å². The van der Waals surface area contributed by atoms with Gasteiger partial charge in [-0.15, -0.1) is 0 Å². The molecule has 2 aromatic rings. The fourth-order valence-corrected chi connectivity index (χ4v) is 3.72. The fraction of sp³-hybridized carbons (Fsp3) is 0.308. The lowest BCUT2D eigenvalue weighted by Gasteiger charge is -2.12. The summed E-state index contributed by atoms with van der Waals surface area (Å²) in [4.78, 5) is 9.46. The van der Waals surface area contributed by atoms with E-state index in [4.69, 9.17) is 4.99 Å². The van der Waals surface area contributed by atoms with E-state index in [9.17, 15) is 0 Å². The first kappa shape index (κ1) is 24.6. The number of allylic oxidation sites excluding steroid dienone is 4. The Balaban J connectivity index is 2.34. The maximum Gasteiger partial charge on any atom is 0.0725 e. The van der Waals surface area contributed by atoms with Gasteiger partial charge in [0.25, 0.3) is 0 Å². The Labute approximate surface area is 189 Å². The van der Waals surface area contributed by atoms with Gasteiger partial charge in [-0.3, -0.25) is 9.98 Å². The van der Waals surface area contributed by atoms with Crippen molar-refractivity contribution < 1.29 is 0 Å². The van der Waals surface area contributed by atoms with E-state index in [1.165, 1.54) is 16.4 Å². The smallest absolute Gasteiger partial charge is 0.0725 e. The minimum atomic E-state index is 0.651. The summed E-state index contributed by atoms with van der Waals surface area (Å²) < 4.78 is 0. The van der Waals surface area contributed by atoms with E-state index >= 15 is 0 Å². The Morgan fingerprint density at radius 3 is 2.39 bits per heavy atom. The van der Waals surface area contributed by atoms with Crippen molar-refractivity contribution in [3.05, 3.63) is 88.0 Å². The van der Waals surface area contributed by atoms with Gasteiger partial charge in [0, 0.05) is 54.3 Å². The largest absolute Gasteiger partial charge is 0.388 e. The summed E-state index contributed by atoms with van der Waals surface area (Å²) in [7, 11) is 2.58. The van der Waals surface area contributed by atoms with Crippen molar-refractivity contribution in [3.8, 4) is 0 Å². The van der Waals surface area contributed by atoms with Crippen molar-refractivity contribution in [2.45, 2.75) is 34.2 Å². The molecule has 0 aliphatic heterocycles. The number of rotatable bonds is 10. The Bertz CT molecular complexity index is 969. The SMILES string of the molecule is CCN=C/C(PC)=C(C)/N=C(/C=C(\C)NCc1ccc(NC)cc1)c1ccccc1C. The molecule has 2 N–H and O–H groups in total. The number of aliphatic imine (C=N–C) groups is 2. The molecule has 2 aromatic carbocycles. The highest BCUT2D eigenvalue weighted by molar-refractivity contribution is 7.43. The summed E-state index contributed by atoms with van der Waals surface area (Å²) in [6, 6.07) is 16.9. The van der Waals surface area contributed by atoms with Crippen molar-refractivity contribution >= 4 is 26.2 Å². The first-order valence-electron chi connectivity index (χ1n) is 10.7. The van der Waals surface area contributed by atoms with Crippen LogP contribution in [0, 0.1) is 6.92 Å². The summed E-state index contributed by atoms with van der Waals surface area (Å²) in [6.07, 6.45) is 4.11. The van der Waals surface area contributed by atoms with Gasteiger partial charge in [0.2, 0.25) is 0 Å². The molecule has 0 aliphatic rings. The fourth-order valence-electron chi connectivity index (χ4n) is 3.08. The highest BCUT2D eigenvalue weighted by Gasteiger charge is 2.07. The number of benzene rings is 2. The van der Waals surface area contributed by atoms with Gasteiger partial charge in [0.1, 0.15) is 0 Å². The van der Waals surface area contributed by atoms with E-state index in [2.05, 4.69) is 97.7 Å². The van der Waals surface area contributed by atoms with Gasteiger partial charge < -0.3 is 10.6 Å². The third-order valence-corrected chi connectivity index (χ3v) is 5.97. The predicted molar refractivity (Wildman–Crippen MR) is 140 cm³/mol. The van der Waals surface area contributed by atoms with Gasteiger partial charge in [0.05, 0.1) is 5.71 Å². The lowest BCUT2D eigenvalue weighted by molar-refractivity contribution is 0.813. The lowest BCUT2D eigenvalue weighted by Crippen LogP contribution is -2.13. The molecule has 0 spiro atoms. The van der Waals surface area contributed by atoms with Gasteiger partial charge >= 0.3 is 0 Å². The van der Waals surface area contributed by atoms with Crippen LogP contribution in [0.3, 0.4) is 0 Å². The average Bonchev–Trinajstić information content (AvgIpc) is 2.78. The van der Waals surface area contributed by atoms with Crippen LogP contribution in [0.25, 0.3) is 0 Å². The second-order valence-electron chi connectivity index (χ2n) is 7.32. The molecule has 0 aliphatic carbocycles. The molecular formula is C26H35N4P. The summed E-state index contributed by atoms with van der Waals surface area (Å²) in [5, 5.41) is 7.87. The molecule has 0 heterocycles. The van der Waals surface area contributed by atoms with E-state index in [0.29, 0.717) is 8.58 Å². The number of anilines is 1. The standard InChI is InChI=1S/C26H35N4P/c1-7-28-18-26(31-6)21(4)30-25(24-11-9-8-10-19(24)2)16-20(3)29-17-22-12-14-23(27-5)15-13-22/h8-16,18,27,29,31H,7,17H2,1-6H3/b20-16+,26-21-,28-18?,30-25-. The Morgan fingerprint density at radius 2 is 1.77 bits per heavy atom. The van der Waals surface area contributed by atoms with Crippen LogP contribution in [0.2, 0.25) is 0 Å². The van der Waals surface area contributed by atoms with Crippen molar-refractivity contribution in [2.24, 2.45) is 9.98 Å². The third kappa shape index (κ3) is 7.80. The molecule has 1 unspecified atom stereocenters. The molecule has 0 amide bonds. The zero-order valence-corrected chi connectivity index (χ0v) is 20.6. The molecule has 2 rings (SSSR count). The van der Waals surface area contributed by atoms with Crippen LogP contribution in [0.4, 0.5) is 5.69 Å². The molecule has 0 saturated carbocycles. The Morgan fingerprint density at radius 1 is 1.06 bits per heavy atom. The van der Waals surface area contributed by atoms with Gasteiger partial charge in [-0.05, 0) is 63.7 Å². The predicted octanol–water partition coefficient (Wildman–Crippen LogP) is 6.15. The molecule has 0 radical (unpaired) electrons. The molecule has 1 atom stereocenters. The highest BCUT2D eigenvalue weighted by atomic mass is 31.1. The van der Waals surface area contributed by atoms with Crippen molar-refractivity contribution in [1.82, 2.24) is 5.32 Å². The number of nitrogens with zero attached hydrogens (tertiary/aromatic N) is 2. The first-order chi connectivity index (χ1) is 15.0. The maximum absolute atomic E-state index is 5.04. The number of hydrogen-bond acceptors (Lipinski definition) is 4. The van der Waals surface area contributed by atoms with E-state index in [0.717, 1.165) is 41.4 Å². The summed E-state index contributed by atoms with van der Waals surface area (Å²) in [6.45, 7) is 12.1. The Kier molecular flexibility index (Phi) is 10.2. The molecule has 4 nitrogen and oxygen atoms in total. The summed E-state index contributed by atoms with van der Waals surface area (Å²) in [5.41, 5.74) is 7.77. The van der Waals surface area contributed by atoms with E-state index in [1.54, 1.807) is 0 Å². The molecule has 0 fully saturated rings. The van der Waals surface area contributed by atoms with Gasteiger partial charge in [-0.2, -0.15) is 0 Å². The van der Waals surface area contributed by atoms with Crippen LogP contribution in [-0.2, 0) is 6.54 Å². The average molecular weight is 435 g/mol. The van der Waals surface area contributed by atoms with E-state index in [-0.39, 0.29) is 0 Å². The number of aryl methyl sites for hydroxylation is 1. The Hall–Kier alpha value is -2.71. The quantitative estimate of drug-likeness (QED) is 0.348. The number of nitrogens with one attached hydrogen (secondary N) is 2.